The number of nitrogens with one attached hydrogen (secondary N) is 1. The van der Waals surface area contributed by atoms with E-state index in [1.165, 1.54) is 6.92 Å². The molecule has 30 heavy (non-hydrogen) atoms. The number of aryl methyl sites for hydroxylation is 1. The summed E-state index contributed by atoms with van der Waals surface area (Å²) in [4.78, 5) is 12.0. The van der Waals surface area contributed by atoms with E-state index in [1.54, 1.807) is 16.8 Å². The van der Waals surface area contributed by atoms with E-state index in [9.17, 15) is 4.79 Å². The Bertz CT molecular complexity index is 1360. The van der Waals surface area contributed by atoms with Gasteiger partial charge < -0.3 is 9.88 Å². The molecule has 1 aliphatic rings. The van der Waals surface area contributed by atoms with Crippen LogP contribution < -0.4 is 5.32 Å². The fraction of sp³-hybridized carbons (Fsp3) is 0.240. The molecule has 0 atom stereocenters. The van der Waals surface area contributed by atoms with Crippen molar-refractivity contribution < 1.29 is 9.18 Å². The van der Waals surface area contributed by atoms with Gasteiger partial charge in [-0.2, -0.15) is 0 Å². The Labute approximate surface area is 174 Å². The Hall–Kier alpha value is -3.34. The number of aromatic nitrogens is 2. The third kappa shape index (κ3) is 2.41. The fourth-order valence-electron chi connectivity index (χ4n) is 4.87. The monoisotopic (exact) mass is 401 g/mol. The number of anilines is 1. The normalized spacial score (nSPS) is 14.3. The van der Waals surface area contributed by atoms with Crippen molar-refractivity contribution in [3.8, 4) is 16.8 Å². The minimum absolute atomic E-state index is 0.0659. The highest BCUT2D eigenvalue weighted by atomic mass is 19.1. The van der Waals surface area contributed by atoms with Crippen molar-refractivity contribution in [1.82, 2.24) is 9.13 Å². The van der Waals surface area contributed by atoms with Crippen molar-refractivity contribution >= 4 is 22.5 Å². The summed E-state index contributed by atoms with van der Waals surface area (Å²) in [6.45, 7) is 9.79. The van der Waals surface area contributed by atoms with E-state index >= 15 is 4.39 Å². The Balaban J connectivity index is 1.84. The molecule has 2 aromatic heterocycles. The number of nitrogens with zero attached hydrogens (tertiary/aromatic N) is 2. The van der Waals surface area contributed by atoms with Crippen molar-refractivity contribution in [3.05, 3.63) is 71.4 Å². The lowest BCUT2D eigenvalue weighted by atomic mass is 9.91. The van der Waals surface area contributed by atoms with Crippen LogP contribution in [0.3, 0.4) is 0 Å². The molecule has 0 saturated heterocycles. The van der Waals surface area contributed by atoms with Gasteiger partial charge in [0.2, 0.25) is 5.91 Å². The van der Waals surface area contributed by atoms with E-state index in [1.807, 2.05) is 31.2 Å². The quantitative estimate of drug-likeness (QED) is 0.414. The second-order valence-electron chi connectivity index (χ2n) is 8.64. The van der Waals surface area contributed by atoms with Gasteiger partial charge in [0.1, 0.15) is 5.82 Å². The molecule has 5 rings (SSSR count). The Morgan fingerprint density at radius 1 is 1.10 bits per heavy atom. The van der Waals surface area contributed by atoms with E-state index in [4.69, 9.17) is 0 Å². The molecule has 2 aromatic carbocycles. The van der Waals surface area contributed by atoms with Gasteiger partial charge >= 0.3 is 0 Å². The third-order valence-electron chi connectivity index (χ3n) is 6.22. The molecule has 0 spiro atoms. The Morgan fingerprint density at radius 3 is 2.60 bits per heavy atom. The number of rotatable bonds is 1. The summed E-state index contributed by atoms with van der Waals surface area (Å²) in [5.41, 5.74) is 6.75. The second kappa shape index (κ2) is 6.08. The first-order chi connectivity index (χ1) is 14.2. The molecule has 4 nitrogen and oxygen atoms in total. The number of hydrogen-bond acceptors (Lipinski definition) is 2. The molecule has 0 radical (unpaired) electrons. The molecule has 5 heteroatoms. The first-order valence-electron chi connectivity index (χ1n) is 10.1. The van der Waals surface area contributed by atoms with Gasteiger partial charge in [-0.05, 0) is 69.2 Å². The van der Waals surface area contributed by atoms with Crippen LogP contribution in [0.25, 0.3) is 27.7 Å². The number of halogens is 1. The summed E-state index contributed by atoms with van der Waals surface area (Å²) in [5, 5.41) is 4.38. The first kappa shape index (κ1) is 18.7. The number of fused-ring (bicyclic) bond motifs is 4. The van der Waals surface area contributed by atoms with Gasteiger partial charge in [0, 0.05) is 35.5 Å². The molecule has 1 N–H and O–H groups in total. The van der Waals surface area contributed by atoms with E-state index in [0.717, 1.165) is 44.8 Å². The molecule has 1 aliphatic heterocycles. The highest BCUT2D eigenvalue weighted by Gasteiger charge is 2.34. The summed E-state index contributed by atoms with van der Waals surface area (Å²) in [6, 6.07) is 13.4. The fourth-order valence-corrected chi connectivity index (χ4v) is 4.87. The Morgan fingerprint density at radius 2 is 1.87 bits per heavy atom. The average Bonchev–Trinajstić information content (AvgIpc) is 3.26. The lowest BCUT2D eigenvalue weighted by molar-refractivity contribution is 0.0941. The highest BCUT2D eigenvalue weighted by molar-refractivity contribution is 6.01. The molecule has 0 bridgehead atoms. The van der Waals surface area contributed by atoms with Crippen LogP contribution in [-0.4, -0.2) is 15.0 Å². The second-order valence-corrected chi connectivity index (χ2v) is 8.64. The minimum Gasteiger partial charge on any atom is -0.373 e. The van der Waals surface area contributed by atoms with Crippen LogP contribution in [0.5, 0.6) is 0 Å². The highest BCUT2D eigenvalue weighted by Crippen LogP contribution is 2.45. The van der Waals surface area contributed by atoms with E-state index in [2.05, 4.69) is 42.8 Å². The summed E-state index contributed by atoms with van der Waals surface area (Å²) in [6.07, 6.45) is 1.75. The van der Waals surface area contributed by atoms with Crippen LogP contribution in [0.1, 0.15) is 42.5 Å². The largest absolute Gasteiger partial charge is 0.373 e. The molecule has 0 saturated carbocycles. The number of carbonyl (C=O) groups excluding carboxylic acids is 1. The molecule has 4 aromatic rings. The van der Waals surface area contributed by atoms with Gasteiger partial charge in [0.05, 0.1) is 22.4 Å². The maximum atomic E-state index is 15.5. The van der Waals surface area contributed by atoms with Crippen LogP contribution in [0.15, 0.2) is 48.7 Å². The number of hydrogen-bond donors (Lipinski definition) is 1. The van der Waals surface area contributed by atoms with Gasteiger partial charge in [0.25, 0.3) is 0 Å². The Kier molecular flexibility index (Phi) is 3.78. The van der Waals surface area contributed by atoms with Gasteiger partial charge in [-0.15, -0.1) is 0 Å². The van der Waals surface area contributed by atoms with Crippen LogP contribution in [-0.2, 0) is 5.54 Å². The molecular weight excluding hydrogens is 377 g/mol. The van der Waals surface area contributed by atoms with E-state index in [-0.39, 0.29) is 17.3 Å². The predicted octanol–water partition coefficient (Wildman–Crippen LogP) is 6.18. The smallest absolute Gasteiger partial charge is 0.227 e. The van der Waals surface area contributed by atoms with Gasteiger partial charge in [-0.3, -0.25) is 9.36 Å². The van der Waals surface area contributed by atoms with Crippen molar-refractivity contribution in [2.45, 2.75) is 40.2 Å². The molecule has 0 aliphatic carbocycles. The minimum atomic E-state index is -0.305. The zero-order valence-corrected chi connectivity index (χ0v) is 17.8. The average molecular weight is 401 g/mol. The number of carbonyl (C=O) groups is 1. The molecular formula is C25H24FN3O. The third-order valence-corrected chi connectivity index (χ3v) is 6.22. The van der Waals surface area contributed by atoms with E-state index in [0.29, 0.717) is 5.56 Å². The summed E-state index contributed by atoms with van der Waals surface area (Å²) >= 11 is 0. The maximum Gasteiger partial charge on any atom is 0.227 e. The topological polar surface area (TPSA) is 39.0 Å². The van der Waals surface area contributed by atoms with Crippen molar-refractivity contribution in [3.63, 3.8) is 0 Å². The lowest BCUT2D eigenvalue weighted by Gasteiger charge is -2.37. The van der Waals surface area contributed by atoms with Gasteiger partial charge in [0.15, 0.2) is 0 Å². The van der Waals surface area contributed by atoms with Crippen LogP contribution in [0.4, 0.5) is 10.1 Å². The summed E-state index contributed by atoms with van der Waals surface area (Å²) < 4.78 is 19.4. The SMILES string of the molecule is CC(=O)n1ccc2c(-c3c(F)cc4c(c3C)-n3c(C)ccc3C(C)(C)N4)cccc21. The van der Waals surface area contributed by atoms with Crippen molar-refractivity contribution in [2.75, 3.05) is 5.32 Å². The standard InChI is InChI=1S/C25H24FN3O/c1-14-9-10-22-25(4,5)27-20-13-19(26)23(15(2)24(20)29(14)22)18-7-6-8-21-17(18)11-12-28(21)16(3)30/h6-13,27H,1-5H3. The zero-order valence-electron chi connectivity index (χ0n) is 17.8. The van der Waals surface area contributed by atoms with Crippen LogP contribution in [0.2, 0.25) is 0 Å². The van der Waals surface area contributed by atoms with Crippen LogP contribution in [0, 0.1) is 19.7 Å². The first-order valence-corrected chi connectivity index (χ1v) is 10.1. The maximum absolute atomic E-state index is 15.5. The number of benzene rings is 2. The van der Waals surface area contributed by atoms with E-state index < -0.39 is 0 Å². The van der Waals surface area contributed by atoms with Crippen molar-refractivity contribution in [2.24, 2.45) is 0 Å². The predicted molar refractivity (Wildman–Crippen MR) is 119 cm³/mol. The van der Waals surface area contributed by atoms with Crippen molar-refractivity contribution in [1.29, 1.82) is 0 Å². The van der Waals surface area contributed by atoms with Gasteiger partial charge in [-0.1, -0.05) is 12.1 Å². The zero-order chi connectivity index (χ0) is 21.4. The molecule has 3 heterocycles. The molecule has 0 fully saturated rings. The molecule has 0 amide bonds. The molecule has 0 unspecified atom stereocenters. The summed E-state index contributed by atoms with van der Waals surface area (Å²) in [5.74, 6) is -0.338. The summed E-state index contributed by atoms with van der Waals surface area (Å²) in [7, 11) is 0. The van der Waals surface area contributed by atoms with Crippen LogP contribution >= 0.6 is 0 Å². The van der Waals surface area contributed by atoms with Gasteiger partial charge in [-0.25, -0.2) is 4.39 Å². The molecule has 152 valence electrons. The lowest BCUT2D eigenvalue weighted by Crippen LogP contribution is -2.35.